The number of anilines is 1. The number of carbonyl (C=O) groups excluding carboxylic acids is 2. The summed E-state index contributed by atoms with van der Waals surface area (Å²) in [6.07, 6.45) is 2.29. The van der Waals surface area contributed by atoms with Crippen LogP contribution in [0.3, 0.4) is 0 Å². The summed E-state index contributed by atoms with van der Waals surface area (Å²) in [6, 6.07) is 16.6. The summed E-state index contributed by atoms with van der Waals surface area (Å²) in [5.74, 6) is 0.154. The van der Waals surface area contributed by atoms with E-state index in [0.717, 1.165) is 16.1 Å². The second kappa shape index (κ2) is 11.3. The van der Waals surface area contributed by atoms with Crippen molar-refractivity contribution in [2.75, 3.05) is 30.8 Å². The second-order valence-corrected chi connectivity index (χ2v) is 9.14. The van der Waals surface area contributed by atoms with Gasteiger partial charge in [-0.3, -0.25) is 9.10 Å². The van der Waals surface area contributed by atoms with Crippen LogP contribution in [0.4, 0.5) is 5.69 Å². The normalized spacial score (nSPS) is 11.3. The maximum Gasteiger partial charge on any atom is 0.338 e. The van der Waals surface area contributed by atoms with Crippen molar-refractivity contribution in [3.05, 3.63) is 72.0 Å². The third-order valence-electron chi connectivity index (χ3n) is 4.73. The van der Waals surface area contributed by atoms with Gasteiger partial charge in [-0.2, -0.15) is 5.10 Å². The fourth-order valence-corrected chi connectivity index (χ4v) is 3.97. The molecule has 1 aromatic heterocycles. The highest BCUT2D eigenvalue weighted by molar-refractivity contribution is 7.92. The second-order valence-electron chi connectivity index (χ2n) is 7.23. The van der Waals surface area contributed by atoms with Gasteiger partial charge in [-0.1, -0.05) is 24.3 Å². The number of para-hydroxylation sites is 2. The number of methoxy groups -OCH3 is 1. The van der Waals surface area contributed by atoms with E-state index in [2.05, 4.69) is 10.5 Å². The summed E-state index contributed by atoms with van der Waals surface area (Å²) in [5, 5.41) is 3.85. The highest BCUT2D eigenvalue weighted by Gasteiger charge is 2.23. The summed E-state index contributed by atoms with van der Waals surface area (Å²) in [6.45, 7) is 1.54. The van der Waals surface area contributed by atoms with Gasteiger partial charge in [0.05, 0.1) is 37.4 Å². The number of hydrogen-bond donors (Lipinski definition) is 1. The molecule has 0 aliphatic rings. The zero-order valence-corrected chi connectivity index (χ0v) is 20.2. The van der Waals surface area contributed by atoms with Crippen LogP contribution in [0.25, 0.3) is 11.3 Å². The summed E-state index contributed by atoms with van der Waals surface area (Å²) >= 11 is 0. The number of esters is 1. The molecule has 0 unspecified atom stereocenters. The molecule has 0 atom stereocenters. The Labute approximate surface area is 203 Å². The summed E-state index contributed by atoms with van der Waals surface area (Å²) in [7, 11) is -2.36. The minimum absolute atomic E-state index is 0.237. The Morgan fingerprint density at radius 1 is 1.09 bits per heavy atom. The SMILES string of the molecule is CCOC(=O)c1ccc(-c2ccc(/C=N\NC(=O)CN(c3ccccc3OC)S(C)(=O)=O)o2)cc1. The minimum atomic E-state index is -3.77. The first-order valence-electron chi connectivity index (χ1n) is 10.5. The highest BCUT2D eigenvalue weighted by Crippen LogP contribution is 2.29. The average Bonchev–Trinajstić information content (AvgIpc) is 3.31. The van der Waals surface area contributed by atoms with Crippen LogP contribution in [-0.4, -0.2) is 53.0 Å². The number of rotatable bonds is 10. The fourth-order valence-electron chi connectivity index (χ4n) is 3.11. The van der Waals surface area contributed by atoms with Gasteiger partial charge in [-0.25, -0.2) is 18.6 Å². The molecule has 3 aromatic rings. The molecule has 0 aliphatic heterocycles. The Balaban J connectivity index is 1.64. The zero-order chi connectivity index (χ0) is 25.4. The Hall–Kier alpha value is -4.12. The lowest BCUT2D eigenvalue weighted by atomic mass is 10.1. The van der Waals surface area contributed by atoms with E-state index in [1.165, 1.54) is 13.3 Å². The van der Waals surface area contributed by atoms with Crippen molar-refractivity contribution in [2.45, 2.75) is 6.92 Å². The van der Waals surface area contributed by atoms with Crippen molar-refractivity contribution >= 4 is 33.8 Å². The lowest BCUT2D eigenvalue weighted by Gasteiger charge is -2.23. The zero-order valence-electron chi connectivity index (χ0n) is 19.4. The summed E-state index contributed by atoms with van der Waals surface area (Å²) in [5.41, 5.74) is 3.70. The molecule has 0 radical (unpaired) electrons. The van der Waals surface area contributed by atoms with E-state index in [-0.39, 0.29) is 5.69 Å². The van der Waals surface area contributed by atoms with E-state index in [0.29, 0.717) is 29.4 Å². The van der Waals surface area contributed by atoms with Crippen LogP contribution >= 0.6 is 0 Å². The summed E-state index contributed by atoms with van der Waals surface area (Å²) < 4.78 is 41.3. The molecular formula is C24H25N3O7S. The predicted molar refractivity (Wildman–Crippen MR) is 131 cm³/mol. The smallest absolute Gasteiger partial charge is 0.338 e. The third-order valence-corrected chi connectivity index (χ3v) is 5.86. The van der Waals surface area contributed by atoms with E-state index < -0.39 is 28.4 Å². The molecular weight excluding hydrogens is 474 g/mol. The van der Waals surface area contributed by atoms with Crippen molar-refractivity contribution < 1.29 is 31.9 Å². The van der Waals surface area contributed by atoms with Crippen LogP contribution in [0, 0.1) is 0 Å². The van der Waals surface area contributed by atoms with Gasteiger partial charge in [0, 0.05) is 5.56 Å². The van der Waals surface area contributed by atoms with Crippen molar-refractivity contribution in [3.63, 3.8) is 0 Å². The molecule has 0 fully saturated rings. The Bertz CT molecular complexity index is 1310. The summed E-state index contributed by atoms with van der Waals surface area (Å²) in [4.78, 5) is 24.1. The maximum atomic E-state index is 12.4. The molecule has 1 amide bonds. The van der Waals surface area contributed by atoms with Crippen molar-refractivity contribution in [1.82, 2.24) is 5.43 Å². The van der Waals surface area contributed by atoms with Crippen LogP contribution in [0.1, 0.15) is 23.0 Å². The molecule has 11 heteroatoms. The van der Waals surface area contributed by atoms with E-state index in [9.17, 15) is 18.0 Å². The number of hydrogen-bond acceptors (Lipinski definition) is 8. The van der Waals surface area contributed by atoms with Gasteiger partial charge in [-0.05, 0) is 43.3 Å². The van der Waals surface area contributed by atoms with Gasteiger partial charge in [0.2, 0.25) is 10.0 Å². The molecule has 184 valence electrons. The Kier molecular flexibility index (Phi) is 8.26. The number of nitrogens with zero attached hydrogens (tertiary/aromatic N) is 2. The number of hydrazone groups is 1. The lowest BCUT2D eigenvalue weighted by Crippen LogP contribution is -2.39. The number of furan rings is 1. The molecule has 3 rings (SSSR count). The van der Waals surface area contributed by atoms with Crippen molar-refractivity contribution in [2.24, 2.45) is 5.10 Å². The molecule has 10 nitrogen and oxygen atoms in total. The van der Waals surface area contributed by atoms with Gasteiger partial charge in [0.25, 0.3) is 5.91 Å². The third kappa shape index (κ3) is 6.70. The quantitative estimate of drug-likeness (QED) is 0.258. The molecule has 1 heterocycles. The maximum absolute atomic E-state index is 12.4. The molecule has 0 saturated heterocycles. The number of sulfonamides is 1. The van der Waals surface area contributed by atoms with Crippen LogP contribution in [-0.2, 0) is 19.6 Å². The minimum Gasteiger partial charge on any atom is -0.495 e. The van der Waals surface area contributed by atoms with E-state index in [1.807, 2.05) is 0 Å². The fraction of sp³-hybridized carbons (Fsp3) is 0.208. The van der Waals surface area contributed by atoms with E-state index >= 15 is 0 Å². The van der Waals surface area contributed by atoms with Gasteiger partial charge in [-0.15, -0.1) is 0 Å². The number of amides is 1. The molecule has 0 bridgehead atoms. The average molecular weight is 500 g/mol. The van der Waals surface area contributed by atoms with E-state index in [4.69, 9.17) is 13.9 Å². The Morgan fingerprint density at radius 3 is 2.46 bits per heavy atom. The van der Waals surface area contributed by atoms with Crippen molar-refractivity contribution in [1.29, 1.82) is 0 Å². The highest BCUT2D eigenvalue weighted by atomic mass is 32.2. The van der Waals surface area contributed by atoms with Gasteiger partial charge in [0.1, 0.15) is 23.8 Å². The van der Waals surface area contributed by atoms with E-state index in [1.54, 1.807) is 67.6 Å². The van der Waals surface area contributed by atoms with Crippen LogP contribution in [0.5, 0.6) is 5.75 Å². The van der Waals surface area contributed by atoms with Crippen molar-refractivity contribution in [3.8, 4) is 17.1 Å². The van der Waals surface area contributed by atoms with Gasteiger partial charge < -0.3 is 13.9 Å². The lowest BCUT2D eigenvalue weighted by molar-refractivity contribution is -0.119. The number of ether oxygens (including phenoxy) is 2. The molecule has 0 aliphatic carbocycles. The largest absolute Gasteiger partial charge is 0.495 e. The molecule has 0 spiro atoms. The predicted octanol–water partition coefficient (Wildman–Crippen LogP) is 3.05. The first-order chi connectivity index (χ1) is 16.7. The molecule has 1 N–H and O–H groups in total. The first kappa shape index (κ1) is 25.5. The standard InChI is InChI=1S/C24H25N3O7S/c1-4-33-24(29)18-11-9-17(10-12-18)21-14-13-19(34-21)15-25-26-23(28)16-27(35(3,30)31)20-7-5-6-8-22(20)32-2/h5-15H,4,16H2,1-3H3,(H,26,28)/b25-15-. The van der Waals surface area contributed by atoms with Gasteiger partial charge in [0.15, 0.2) is 0 Å². The number of benzene rings is 2. The Morgan fingerprint density at radius 2 is 1.80 bits per heavy atom. The monoisotopic (exact) mass is 499 g/mol. The van der Waals surface area contributed by atoms with Gasteiger partial charge >= 0.3 is 5.97 Å². The molecule has 2 aromatic carbocycles. The van der Waals surface area contributed by atoms with Crippen LogP contribution < -0.4 is 14.5 Å². The number of carbonyl (C=O) groups is 2. The number of nitrogens with one attached hydrogen (secondary N) is 1. The first-order valence-corrected chi connectivity index (χ1v) is 12.4. The molecule has 0 saturated carbocycles. The molecule has 35 heavy (non-hydrogen) atoms. The van der Waals surface area contributed by atoms with Crippen LogP contribution in [0.2, 0.25) is 0 Å². The van der Waals surface area contributed by atoms with Crippen LogP contribution in [0.15, 0.2) is 70.2 Å². The topological polar surface area (TPSA) is 128 Å².